The van der Waals surface area contributed by atoms with Gasteiger partial charge in [-0.2, -0.15) is 0 Å². The molecule has 1 aromatic carbocycles. The minimum Gasteiger partial charge on any atom is -0.370 e. The lowest BCUT2D eigenvalue weighted by Crippen LogP contribution is -2.33. The molecule has 3 N–H and O–H groups in total. The van der Waals surface area contributed by atoms with Crippen LogP contribution in [-0.2, 0) is 6.42 Å². The standard InChI is InChI=1S/C13H19BrFN3/c1-2-3-7-17-13(16)18-8-6-10-4-5-12(15)11(14)9-10/h4-5,9H,2-3,6-8H2,1H3,(H3,16,17,18). The van der Waals surface area contributed by atoms with E-state index in [4.69, 9.17) is 5.73 Å². The van der Waals surface area contributed by atoms with Gasteiger partial charge in [0, 0.05) is 13.1 Å². The van der Waals surface area contributed by atoms with Crippen molar-refractivity contribution in [3.63, 3.8) is 0 Å². The van der Waals surface area contributed by atoms with Gasteiger partial charge in [0.05, 0.1) is 4.47 Å². The molecule has 100 valence electrons. The van der Waals surface area contributed by atoms with Crippen molar-refractivity contribution in [3.8, 4) is 0 Å². The van der Waals surface area contributed by atoms with Crippen molar-refractivity contribution < 1.29 is 4.39 Å². The fourth-order valence-corrected chi connectivity index (χ4v) is 1.87. The molecule has 0 aromatic heterocycles. The highest BCUT2D eigenvalue weighted by Gasteiger charge is 2.00. The highest BCUT2D eigenvalue weighted by atomic mass is 79.9. The number of hydrogen-bond acceptors (Lipinski definition) is 1. The third-order valence-corrected chi connectivity index (χ3v) is 3.11. The number of hydrogen-bond donors (Lipinski definition) is 2. The number of nitrogens with two attached hydrogens (primary N) is 1. The summed E-state index contributed by atoms with van der Waals surface area (Å²) in [4.78, 5) is 4.19. The van der Waals surface area contributed by atoms with Crippen LogP contribution in [0.3, 0.4) is 0 Å². The Morgan fingerprint density at radius 3 is 2.94 bits per heavy atom. The maximum absolute atomic E-state index is 13.0. The maximum Gasteiger partial charge on any atom is 0.188 e. The van der Waals surface area contributed by atoms with Gasteiger partial charge in [-0.3, -0.25) is 4.99 Å². The molecule has 18 heavy (non-hydrogen) atoms. The number of rotatable bonds is 6. The third kappa shape index (κ3) is 5.49. The fraction of sp³-hybridized carbons (Fsp3) is 0.462. The summed E-state index contributed by atoms with van der Waals surface area (Å²) in [7, 11) is 0. The number of halogens is 2. The van der Waals surface area contributed by atoms with E-state index in [1.54, 1.807) is 12.1 Å². The highest BCUT2D eigenvalue weighted by Crippen LogP contribution is 2.16. The van der Waals surface area contributed by atoms with Gasteiger partial charge in [-0.1, -0.05) is 19.4 Å². The largest absolute Gasteiger partial charge is 0.370 e. The predicted molar refractivity (Wildman–Crippen MR) is 77.2 cm³/mol. The second-order valence-electron chi connectivity index (χ2n) is 4.05. The molecule has 0 aliphatic heterocycles. The van der Waals surface area contributed by atoms with E-state index in [-0.39, 0.29) is 5.82 Å². The lowest BCUT2D eigenvalue weighted by atomic mass is 10.1. The van der Waals surface area contributed by atoms with Crippen molar-refractivity contribution in [2.24, 2.45) is 10.7 Å². The predicted octanol–water partition coefficient (Wildman–Crippen LogP) is 2.84. The van der Waals surface area contributed by atoms with E-state index in [1.807, 2.05) is 0 Å². The van der Waals surface area contributed by atoms with Crippen LogP contribution in [-0.4, -0.2) is 19.0 Å². The van der Waals surface area contributed by atoms with Gasteiger partial charge in [0.1, 0.15) is 5.82 Å². The van der Waals surface area contributed by atoms with E-state index in [1.165, 1.54) is 6.07 Å². The summed E-state index contributed by atoms with van der Waals surface area (Å²) in [6, 6.07) is 5.01. The van der Waals surface area contributed by atoms with E-state index in [0.29, 0.717) is 17.0 Å². The highest BCUT2D eigenvalue weighted by molar-refractivity contribution is 9.10. The zero-order chi connectivity index (χ0) is 13.4. The first kappa shape index (κ1) is 15.0. The fourth-order valence-electron chi connectivity index (χ4n) is 1.44. The Bertz CT molecular complexity index is 407. The molecule has 1 rings (SSSR count). The van der Waals surface area contributed by atoms with Crippen LogP contribution < -0.4 is 11.1 Å². The van der Waals surface area contributed by atoms with Crippen LogP contribution in [0.25, 0.3) is 0 Å². The summed E-state index contributed by atoms with van der Waals surface area (Å²) in [6.45, 7) is 3.57. The molecule has 0 spiro atoms. The van der Waals surface area contributed by atoms with Crippen LogP contribution in [0.4, 0.5) is 4.39 Å². The van der Waals surface area contributed by atoms with Gasteiger partial charge in [-0.05, 0) is 46.5 Å². The van der Waals surface area contributed by atoms with Gasteiger partial charge in [0.2, 0.25) is 0 Å². The van der Waals surface area contributed by atoms with Gasteiger partial charge in [-0.15, -0.1) is 0 Å². The Balaban J connectivity index is 2.32. The smallest absolute Gasteiger partial charge is 0.188 e. The van der Waals surface area contributed by atoms with Gasteiger partial charge < -0.3 is 11.1 Å². The number of nitrogens with zero attached hydrogens (tertiary/aromatic N) is 1. The lowest BCUT2D eigenvalue weighted by molar-refractivity contribution is 0.620. The first-order chi connectivity index (χ1) is 8.63. The topological polar surface area (TPSA) is 50.4 Å². The number of aliphatic imine (C=N–C) groups is 1. The number of guanidine groups is 1. The average Bonchev–Trinajstić information content (AvgIpc) is 2.34. The molecule has 0 radical (unpaired) electrons. The molecule has 0 amide bonds. The third-order valence-electron chi connectivity index (χ3n) is 2.50. The summed E-state index contributed by atoms with van der Waals surface area (Å²) >= 11 is 3.17. The number of benzene rings is 1. The van der Waals surface area contributed by atoms with Crippen LogP contribution in [0.5, 0.6) is 0 Å². The second kappa shape index (κ2) is 8.08. The number of unbranched alkanes of at least 4 members (excludes halogenated alkanes) is 1. The van der Waals surface area contributed by atoms with Crippen LogP contribution in [0.15, 0.2) is 27.7 Å². The zero-order valence-electron chi connectivity index (χ0n) is 10.5. The van der Waals surface area contributed by atoms with E-state index >= 15 is 0 Å². The van der Waals surface area contributed by atoms with Crippen LogP contribution >= 0.6 is 15.9 Å². The van der Waals surface area contributed by atoms with Gasteiger partial charge in [0.15, 0.2) is 5.96 Å². The van der Waals surface area contributed by atoms with E-state index in [9.17, 15) is 4.39 Å². The Labute approximate surface area is 116 Å². The molecule has 0 atom stereocenters. The summed E-state index contributed by atoms with van der Waals surface area (Å²) < 4.78 is 13.5. The van der Waals surface area contributed by atoms with E-state index < -0.39 is 0 Å². The summed E-state index contributed by atoms with van der Waals surface area (Å²) in [5.41, 5.74) is 6.76. The quantitative estimate of drug-likeness (QED) is 0.482. The van der Waals surface area contributed by atoms with Crippen molar-refractivity contribution in [2.45, 2.75) is 26.2 Å². The molecule has 0 aliphatic carbocycles. The Hall–Kier alpha value is -1.10. The lowest BCUT2D eigenvalue weighted by Gasteiger charge is -2.06. The summed E-state index contributed by atoms with van der Waals surface area (Å²) in [5.74, 6) is 0.233. The van der Waals surface area contributed by atoms with Crippen molar-refractivity contribution in [2.75, 3.05) is 13.1 Å². The molecule has 0 saturated heterocycles. The van der Waals surface area contributed by atoms with Crippen molar-refractivity contribution in [1.29, 1.82) is 0 Å². The Kier molecular flexibility index (Phi) is 6.72. The van der Waals surface area contributed by atoms with Gasteiger partial charge >= 0.3 is 0 Å². The molecule has 5 heteroatoms. The molecule has 0 unspecified atom stereocenters. The minimum absolute atomic E-state index is 0.243. The Morgan fingerprint density at radius 2 is 2.28 bits per heavy atom. The van der Waals surface area contributed by atoms with Crippen LogP contribution in [0.2, 0.25) is 0 Å². The molecule has 0 aliphatic rings. The molecule has 0 saturated carbocycles. The number of nitrogens with one attached hydrogen (secondary N) is 1. The molecule has 0 heterocycles. The summed E-state index contributed by atoms with van der Waals surface area (Å²) in [5, 5.41) is 3.04. The van der Waals surface area contributed by atoms with Crippen LogP contribution in [0.1, 0.15) is 25.3 Å². The van der Waals surface area contributed by atoms with Gasteiger partial charge in [0.25, 0.3) is 0 Å². The SMILES string of the molecule is CCCCN=C(N)NCCc1ccc(F)c(Br)c1. The molecule has 1 aromatic rings. The normalized spacial score (nSPS) is 11.6. The molecule has 0 fully saturated rings. The van der Waals surface area contributed by atoms with Crippen molar-refractivity contribution >= 4 is 21.9 Å². The zero-order valence-corrected chi connectivity index (χ0v) is 12.1. The molecule has 3 nitrogen and oxygen atoms in total. The van der Waals surface area contributed by atoms with E-state index in [2.05, 4.69) is 33.2 Å². The van der Waals surface area contributed by atoms with Crippen molar-refractivity contribution in [1.82, 2.24) is 5.32 Å². The molecule has 0 bridgehead atoms. The van der Waals surface area contributed by atoms with Gasteiger partial charge in [-0.25, -0.2) is 4.39 Å². The average molecular weight is 316 g/mol. The monoisotopic (exact) mass is 315 g/mol. The maximum atomic E-state index is 13.0. The summed E-state index contributed by atoms with van der Waals surface area (Å²) in [6.07, 6.45) is 2.94. The Morgan fingerprint density at radius 1 is 1.50 bits per heavy atom. The second-order valence-corrected chi connectivity index (χ2v) is 4.90. The molecular weight excluding hydrogens is 297 g/mol. The first-order valence-corrected chi connectivity index (χ1v) is 6.90. The van der Waals surface area contributed by atoms with Crippen LogP contribution in [0, 0.1) is 5.82 Å². The van der Waals surface area contributed by atoms with Crippen molar-refractivity contribution in [3.05, 3.63) is 34.1 Å². The molecular formula is C13H19BrFN3. The van der Waals surface area contributed by atoms with E-state index in [0.717, 1.165) is 31.4 Å². The first-order valence-electron chi connectivity index (χ1n) is 6.11. The minimum atomic E-state index is -0.243.